The average Bonchev–Trinajstić information content (AvgIpc) is 3.47. The Labute approximate surface area is 311 Å². The predicted molar refractivity (Wildman–Crippen MR) is 226 cm³/mol. The molecule has 0 unspecified atom stereocenters. The molecule has 0 saturated carbocycles. The molecule has 10 rings (SSSR count). The lowest BCUT2D eigenvalue weighted by atomic mass is 9.93. The predicted octanol–water partition coefficient (Wildman–Crippen LogP) is 11.9. The van der Waals surface area contributed by atoms with E-state index in [0.717, 1.165) is 28.2 Å². The van der Waals surface area contributed by atoms with Crippen molar-refractivity contribution in [2.45, 2.75) is 13.1 Å². The minimum Gasteiger partial charge on any atom is -0.237 e. The molecule has 8 aromatic carbocycles. The van der Waals surface area contributed by atoms with Gasteiger partial charge in [0.05, 0.1) is 5.69 Å². The van der Waals surface area contributed by atoms with Gasteiger partial charge in [0.1, 0.15) is 8.07 Å². The fourth-order valence-corrected chi connectivity index (χ4v) is 11.2. The van der Waals surface area contributed by atoms with Crippen LogP contribution in [0.4, 0.5) is 0 Å². The second-order valence-electron chi connectivity index (χ2n) is 14.6. The first kappa shape index (κ1) is 31.3. The van der Waals surface area contributed by atoms with Gasteiger partial charge < -0.3 is 0 Å². The Balaban J connectivity index is 1.12. The van der Waals surface area contributed by atoms with Gasteiger partial charge in [-0.3, -0.25) is 0 Å². The maximum absolute atomic E-state index is 5.55. The Hall–Kier alpha value is -6.42. The van der Waals surface area contributed by atoms with Gasteiger partial charge in [0.25, 0.3) is 0 Å². The highest BCUT2D eigenvalue weighted by molar-refractivity contribution is 7.03. The van der Waals surface area contributed by atoms with Crippen molar-refractivity contribution in [3.05, 3.63) is 182 Å². The van der Waals surface area contributed by atoms with Crippen molar-refractivity contribution in [3.63, 3.8) is 0 Å². The molecule has 1 aliphatic rings. The maximum atomic E-state index is 5.55. The fourth-order valence-electron chi connectivity index (χ4n) is 8.30. The van der Waals surface area contributed by atoms with Gasteiger partial charge in [-0.1, -0.05) is 183 Å². The summed E-state index contributed by atoms with van der Waals surface area (Å²) in [5, 5.41) is 7.59. The van der Waals surface area contributed by atoms with E-state index in [2.05, 4.69) is 195 Å². The smallest absolute Gasteiger partial charge is 0.159 e. The third-order valence-corrected chi connectivity index (χ3v) is 14.3. The summed E-state index contributed by atoms with van der Waals surface area (Å²) in [6, 6.07) is 65.7. The standard InChI is InChI=1S/C50H36N2Si/c1-53(2)45-30-29-37-16-7-9-23-43(37)46(45)47-48(44-24-12-17-36-15-6-8-22-42(36)44)51-49(52-50(47)53)41-21-11-20-40(32-41)39-19-10-18-38(31-39)35-27-25-34(26-28-35)33-13-4-3-5-14-33/h3-32H,1-2H3. The molecule has 250 valence electrons. The number of hydrogen-bond acceptors (Lipinski definition) is 2. The molecule has 3 heteroatoms. The van der Waals surface area contributed by atoms with Gasteiger partial charge in [-0.15, -0.1) is 0 Å². The van der Waals surface area contributed by atoms with Gasteiger partial charge in [-0.05, 0) is 77.8 Å². The van der Waals surface area contributed by atoms with E-state index >= 15 is 0 Å². The molecule has 0 N–H and O–H groups in total. The van der Waals surface area contributed by atoms with Crippen LogP contribution >= 0.6 is 0 Å². The average molecular weight is 693 g/mol. The topological polar surface area (TPSA) is 25.8 Å². The van der Waals surface area contributed by atoms with Gasteiger partial charge in [0, 0.05) is 22.0 Å². The zero-order valence-electron chi connectivity index (χ0n) is 29.7. The van der Waals surface area contributed by atoms with E-state index in [1.165, 1.54) is 71.0 Å². The number of fused-ring (bicyclic) bond motifs is 6. The summed E-state index contributed by atoms with van der Waals surface area (Å²) in [4.78, 5) is 11.1. The number of aromatic nitrogens is 2. The Morgan fingerprint density at radius 2 is 0.887 bits per heavy atom. The number of nitrogens with zero attached hydrogens (tertiary/aromatic N) is 2. The van der Waals surface area contributed by atoms with Crippen LogP contribution in [0.3, 0.4) is 0 Å². The molecule has 1 aromatic heterocycles. The lowest BCUT2D eigenvalue weighted by Crippen LogP contribution is -2.50. The minimum atomic E-state index is -2.19. The monoisotopic (exact) mass is 692 g/mol. The minimum absolute atomic E-state index is 0.777. The van der Waals surface area contributed by atoms with Crippen molar-refractivity contribution in [2.75, 3.05) is 0 Å². The summed E-state index contributed by atoms with van der Waals surface area (Å²) >= 11 is 0. The van der Waals surface area contributed by atoms with Gasteiger partial charge in [-0.2, -0.15) is 0 Å². The zero-order chi connectivity index (χ0) is 35.5. The summed E-state index contributed by atoms with van der Waals surface area (Å²) in [5.41, 5.74) is 12.9. The second kappa shape index (κ2) is 12.4. The van der Waals surface area contributed by atoms with Gasteiger partial charge in [-0.25, -0.2) is 9.97 Å². The highest BCUT2D eigenvalue weighted by atomic mass is 28.3. The Morgan fingerprint density at radius 1 is 0.377 bits per heavy atom. The van der Waals surface area contributed by atoms with Crippen LogP contribution in [0, 0.1) is 0 Å². The molecule has 0 fully saturated rings. The van der Waals surface area contributed by atoms with Crippen molar-refractivity contribution < 1.29 is 0 Å². The van der Waals surface area contributed by atoms with Gasteiger partial charge in [0.2, 0.25) is 0 Å². The van der Waals surface area contributed by atoms with Crippen LogP contribution in [0.25, 0.3) is 88.7 Å². The van der Waals surface area contributed by atoms with E-state index < -0.39 is 8.07 Å². The van der Waals surface area contributed by atoms with Crippen molar-refractivity contribution in [1.82, 2.24) is 9.97 Å². The molecular formula is C50H36N2Si. The van der Waals surface area contributed by atoms with E-state index in [1.807, 2.05) is 0 Å². The molecule has 0 atom stereocenters. The fraction of sp³-hybridized carbons (Fsp3) is 0.0400. The Kier molecular flexibility index (Phi) is 7.31. The van der Waals surface area contributed by atoms with Gasteiger partial charge >= 0.3 is 0 Å². The Morgan fingerprint density at radius 3 is 1.62 bits per heavy atom. The molecule has 2 heterocycles. The summed E-state index contributed by atoms with van der Waals surface area (Å²) in [6.45, 7) is 4.90. The van der Waals surface area contributed by atoms with Crippen LogP contribution in [0.15, 0.2) is 182 Å². The van der Waals surface area contributed by atoms with Crippen molar-refractivity contribution in [3.8, 4) is 67.2 Å². The van der Waals surface area contributed by atoms with Crippen LogP contribution in [0.5, 0.6) is 0 Å². The summed E-state index contributed by atoms with van der Waals surface area (Å²) in [5.74, 6) is 0.777. The molecule has 0 amide bonds. The normalized spacial score (nSPS) is 12.9. The van der Waals surface area contributed by atoms with E-state index in [-0.39, 0.29) is 0 Å². The molecule has 9 aromatic rings. The first-order valence-corrected chi connectivity index (χ1v) is 21.3. The third kappa shape index (κ3) is 5.24. The molecule has 1 aliphatic heterocycles. The number of benzene rings is 8. The highest BCUT2D eigenvalue weighted by Crippen LogP contribution is 2.42. The molecule has 0 bridgehead atoms. The quantitative estimate of drug-likeness (QED) is 0.168. The van der Waals surface area contributed by atoms with Gasteiger partial charge in [0.15, 0.2) is 5.82 Å². The summed E-state index contributed by atoms with van der Waals surface area (Å²) in [7, 11) is -2.19. The van der Waals surface area contributed by atoms with Crippen LogP contribution in [-0.2, 0) is 0 Å². The lowest BCUT2D eigenvalue weighted by Gasteiger charge is -2.19. The molecule has 2 nitrogen and oxygen atoms in total. The van der Waals surface area contributed by atoms with E-state index in [0.29, 0.717) is 0 Å². The largest absolute Gasteiger partial charge is 0.237 e. The molecule has 0 aliphatic carbocycles. The maximum Gasteiger partial charge on any atom is 0.159 e. The number of rotatable bonds is 5. The van der Waals surface area contributed by atoms with Crippen LogP contribution in [0.2, 0.25) is 13.1 Å². The first-order chi connectivity index (χ1) is 26.0. The third-order valence-electron chi connectivity index (χ3n) is 11.0. The summed E-state index contributed by atoms with van der Waals surface area (Å²) < 4.78 is 0. The SMILES string of the molecule is C[Si]1(C)c2ccc3ccccc3c2-c2c(-c3cccc4ccccc34)nc(-c3cccc(-c4cccc(-c5ccc(-c6ccccc6)cc5)c4)c3)nc21. The Bertz CT molecular complexity index is 2850. The molecule has 53 heavy (non-hydrogen) atoms. The zero-order valence-corrected chi connectivity index (χ0v) is 30.7. The molecule has 0 saturated heterocycles. The van der Waals surface area contributed by atoms with Crippen molar-refractivity contribution >= 4 is 40.1 Å². The van der Waals surface area contributed by atoms with E-state index in [1.54, 1.807) is 0 Å². The molecule has 0 radical (unpaired) electrons. The van der Waals surface area contributed by atoms with Crippen LogP contribution < -0.4 is 10.5 Å². The summed E-state index contributed by atoms with van der Waals surface area (Å²) in [6.07, 6.45) is 0. The van der Waals surface area contributed by atoms with Crippen molar-refractivity contribution in [2.24, 2.45) is 0 Å². The van der Waals surface area contributed by atoms with Crippen LogP contribution in [0.1, 0.15) is 0 Å². The number of hydrogen-bond donors (Lipinski definition) is 0. The van der Waals surface area contributed by atoms with Crippen LogP contribution in [-0.4, -0.2) is 18.0 Å². The highest BCUT2D eigenvalue weighted by Gasteiger charge is 2.42. The second-order valence-corrected chi connectivity index (χ2v) is 18.8. The molecular weight excluding hydrogens is 657 g/mol. The lowest BCUT2D eigenvalue weighted by molar-refractivity contribution is 1.21. The van der Waals surface area contributed by atoms with Crippen molar-refractivity contribution in [1.29, 1.82) is 0 Å². The first-order valence-electron chi connectivity index (χ1n) is 18.3. The van der Waals surface area contributed by atoms with E-state index in [9.17, 15) is 0 Å². The molecule has 0 spiro atoms. The van der Waals surface area contributed by atoms with E-state index in [4.69, 9.17) is 9.97 Å².